The summed E-state index contributed by atoms with van der Waals surface area (Å²) in [6, 6.07) is 5.00. The lowest BCUT2D eigenvalue weighted by Crippen LogP contribution is -2.35. The van der Waals surface area contributed by atoms with Crippen LogP contribution in [0.3, 0.4) is 0 Å². The molecule has 4 heteroatoms. The van der Waals surface area contributed by atoms with Crippen LogP contribution in [-0.2, 0) is 6.54 Å². The Morgan fingerprint density at radius 3 is 3.00 bits per heavy atom. The van der Waals surface area contributed by atoms with Crippen LogP contribution in [0.2, 0.25) is 0 Å². The maximum atomic E-state index is 13.7. The first-order valence-electron chi connectivity index (χ1n) is 5.88. The number of halogens is 2. The molecule has 1 aliphatic rings. The van der Waals surface area contributed by atoms with Crippen LogP contribution in [0, 0.1) is 5.82 Å². The van der Waals surface area contributed by atoms with E-state index in [1.165, 1.54) is 13.2 Å². The van der Waals surface area contributed by atoms with Crippen molar-refractivity contribution in [1.29, 1.82) is 0 Å². The van der Waals surface area contributed by atoms with E-state index in [1.807, 2.05) is 0 Å². The van der Waals surface area contributed by atoms with E-state index in [4.69, 9.17) is 16.3 Å². The van der Waals surface area contributed by atoms with Crippen LogP contribution in [0.1, 0.15) is 18.4 Å². The van der Waals surface area contributed by atoms with Crippen molar-refractivity contribution >= 4 is 11.6 Å². The normalized spacial score (nSPS) is 21.5. The summed E-state index contributed by atoms with van der Waals surface area (Å²) < 4.78 is 18.7. The number of nitrogens with zero attached hydrogens (tertiary/aromatic N) is 1. The highest BCUT2D eigenvalue weighted by atomic mass is 35.5. The summed E-state index contributed by atoms with van der Waals surface area (Å²) in [4.78, 5) is 2.20. The summed E-state index contributed by atoms with van der Waals surface area (Å²) in [6.45, 7) is 2.46. The van der Waals surface area contributed by atoms with Gasteiger partial charge in [-0.2, -0.15) is 0 Å². The lowest BCUT2D eigenvalue weighted by molar-refractivity contribution is 0.221. The van der Waals surface area contributed by atoms with Crippen molar-refractivity contribution in [3.05, 3.63) is 29.6 Å². The monoisotopic (exact) mass is 257 g/mol. The molecule has 0 aliphatic carbocycles. The molecule has 2 rings (SSSR count). The van der Waals surface area contributed by atoms with E-state index in [0.717, 1.165) is 25.9 Å². The third kappa shape index (κ3) is 3.33. The number of likely N-dealkylation sites (tertiary alicyclic amines) is 1. The molecule has 1 fully saturated rings. The fraction of sp³-hybridized carbons (Fsp3) is 0.538. The predicted molar refractivity (Wildman–Crippen MR) is 67.1 cm³/mol. The SMILES string of the molecule is COc1ccc(CN2CCCC(Cl)C2)c(F)c1. The first-order chi connectivity index (χ1) is 8.19. The number of methoxy groups -OCH3 is 1. The Kier molecular flexibility index (Phi) is 4.24. The lowest BCUT2D eigenvalue weighted by atomic mass is 10.1. The Labute approximate surface area is 106 Å². The molecule has 0 bridgehead atoms. The highest BCUT2D eigenvalue weighted by molar-refractivity contribution is 6.20. The first kappa shape index (κ1) is 12.7. The molecule has 1 unspecified atom stereocenters. The van der Waals surface area contributed by atoms with Gasteiger partial charge in [-0.25, -0.2) is 4.39 Å². The Hall–Kier alpha value is -0.800. The second kappa shape index (κ2) is 5.69. The standard InChI is InChI=1S/C13H17ClFNO/c1-17-12-5-4-10(13(15)7-12)8-16-6-2-3-11(14)9-16/h4-5,7,11H,2-3,6,8-9H2,1H3. The van der Waals surface area contributed by atoms with Crippen LogP contribution in [0.4, 0.5) is 4.39 Å². The van der Waals surface area contributed by atoms with E-state index in [9.17, 15) is 4.39 Å². The molecule has 0 N–H and O–H groups in total. The molecule has 2 nitrogen and oxygen atoms in total. The molecule has 0 saturated carbocycles. The lowest BCUT2D eigenvalue weighted by Gasteiger charge is -2.29. The number of rotatable bonds is 3. The zero-order chi connectivity index (χ0) is 12.3. The average molecular weight is 258 g/mol. The summed E-state index contributed by atoms with van der Waals surface area (Å²) in [5.41, 5.74) is 0.705. The molecule has 1 saturated heterocycles. The van der Waals surface area contributed by atoms with Gasteiger partial charge in [0.15, 0.2) is 0 Å². The number of benzene rings is 1. The Morgan fingerprint density at radius 2 is 2.35 bits per heavy atom. The van der Waals surface area contributed by atoms with Crippen LogP contribution in [0.15, 0.2) is 18.2 Å². The molecule has 0 spiro atoms. The fourth-order valence-corrected chi connectivity index (χ4v) is 2.52. The fourth-order valence-electron chi connectivity index (χ4n) is 2.17. The molecule has 94 valence electrons. The topological polar surface area (TPSA) is 12.5 Å². The largest absolute Gasteiger partial charge is 0.497 e. The van der Waals surface area contributed by atoms with Crippen LogP contribution in [0.5, 0.6) is 5.75 Å². The summed E-state index contributed by atoms with van der Waals surface area (Å²) in [5, 5.41) is 0.199. The minimum Gasteiger partial charge on any atom is -0.497 e. The van der Waals surface area contributed by atoms with E-state index < -0.39 is 0 Å². The maximum absolute atomic E-state index is 13.7. The zero-order valence-corrected chi connectivity index (χ0v) is 10.7. The van der Waals surface area contributed by atoms with Crippen LogP contribution in [-0.4, -0.2) is 30.5 Å². The zero-order valence-electron chi connectivity index (χ0n) is 9.96. The molecule has 1 aliphatic heterocycles. The summed E-state index contributed by atoms with van der Waals surface area (Å²) in [5.74, 6) is 0.348. The third-order valence-electron chi connectivity index (χ3n) is 3.10. The second-order valence-corrected chi connectivity index (χ2v) is 5.05. The van der Waals surface area contributed by atoms with E-state index in [0.29, 0.717) is 17.9 Å². The molecule has 1 atom stereocenters. The predicted octanol–water partition coefficient (Wildman–Crippen LogP) is 3.04. The van der Waals surface area contributed by atoms with E-state index in [-0.39, 0.29) is 11.2 Å². The molecule has 0 amide bonds. The van der Waals surface area contributed by atoms with Crippen molar-refractivity contribution in [1.82, 2.24) is 4.90 Å². The van der Waals surface area contributed by atoms with Gasteiger partial charge in [0.05, 0.1) is 7.11 Å². The van der Waals surface area contributed by atoms with Gasteiger partial charge in [-0.15, -0.1) is 11.6 Å². The smallest absolute Gasteiger partial charge is 0.131 e. The highest BCUT2D eigenvalue weighted by Gasteiger charge is 2.18. The number of piperidine rings is 1. The molecular formula is C13H17ClFNO. The van der Waals surface area contributed by atoms with Crippen LogP contribution < -0.4 is 4.74 Å². The van der Waals surface area contributed by atoms with Crippen molar-refractivity contribution in [2.45, 2.75) is 24.8 Å². The van der Waals surface area contributed by atoms with Gasteiger partial charge in [0.1, 0.15) is 11.6 Å². The van der Waals surface area contributed by atoms with Gasteiger partial charge in [0.2, 0.25) is 0 Å². The third-order valence-corrected chi connectivity index (χ3v) is 3.46. The second-order valence-electron chi connectivity index (χ2n) is 4.43. The van der Waals surface area contributed by atoms with E-state index >= 15 is 0 Å². The summed E-state index contributed by atoms with van der Waals surface area (Å²) in [6.07, 6.45) is 2.15. The van der Waals surface area contributed by atoms with Crippen molar-refractivity contribution in [3.63, 3.8) is 0 Å². The van der Waals surface area contributed by atoms with Crippen LogP contribution >= 0.6 is 11.6 Å². The average Bonchev–Trinajstić information content (AvgIpc) is 2.32. The number of alkyl halides is 1. The number of hydrogen-bond donors (Lipinski definition) is 0. The van der Waals surface area contributed by atoms with Crippen LogP contribution in [0.25, 0.3) is 0 Å². The van der Waals surface area contributed by atoms with Gasteiger partial charge >= 0.3 is 0 Å². The molecule has 1 aromatic rings. The molecule has 1 heterocycles. The van der Waals surface area contributed by atoms with E-state index in [2.05, 4.69) is 4.90 Å². The van der Waals surface area contributed by atoms with Crippen molar-refractivity contribution < 1.29 is 9.13 Å². The number of hydrogen-bond acceptors (Lipinski definition) is 2. The van der Waals surface area contributed by atoms with Gasteiger partial charge in [-0.1, -0.05) is 6.07 Å². The van der Waals surface area contributed by atoms with Gasteiger partial charge in [0.25, 0.3) is 0 Å². The van der Waals surface area contributed by atoms with Crippen molar-refractivity contribution in [3.8, 4) is 5.75 Å². The Morgan fingerprint density at radius 1 is 1.53 bits per heavy atom. The minimum absolute atomic E-state index is 0.199. The summed E-state index contributed by atoms with van der Waals surface area (Å²) >= 11 is 6.11. The van der Waals surface area contributed by atoms with Gasteiger partial charge in [-0.3, -0.25) is 4.90 Å². The number of ether oxygens (including phenoxy) is 1. The molecule has 0 aromatic heterocycles. The van der Waals surface area contributed by atoms with E-state index in [1.54, 1.807) is 12.1 Å². The van der Waals surface area contributed by atoms with Crippen molar-refractivity contribution in [2.75, 3.05) is 20.2 Å². The van der Waals surface area contributed by atoms with Crippen molar-refractivity contribution in [2.24, 2.45) is 0 Å². The van der Waals surface area contributed by atoms with Gasteiger partial charge < -0.3 is 4.74 Å². The Balaban J connectivity index is 2.02. The maximum Gasteiger partial charge on any atom is 0.131 e. The molecular weight excluding hydrogens is 241 g/mol. The molecule has 1 aromatic carbocycles. The quantitative estimate of drug-likeness (QED) is 0.772. The minimum atomic E-state index is -0.207. The van der Waals surface area contributed by atoms with Gasteiger partial charge in [0, 0.05) is 30.1 Å². The van der Waals surface area contributed by atoms with Gasteiger partial charge in [-0.05, 0) is 25.5 Å². The first-order valence-corrected chi connectivity index (χ1v) is 6.31. The Bertz CT molecular complexity index is 386. The molecule has 17 heavy (non-hydrogen) atoms. The molecule has 0 radical (unpaired) electrons. The highest BCUT2D eigenvalue weighted by Crippen LogP contribution is 2.21. The summed E-state index contributed by atoms with van der Waals surface area (Å²) in [7, 11) is 1.54.